The average molecular weight is 575 g/mol. The van der Waals surface area contributed by atoms with Gasteiger partial charge in [0.25, 0.3) is 0 Å². The van der Waals surface area contributed by atoms with Crippen LogP contribution in [0.5, 0.6) is 0 Å². The highest BCUT2D eigenvalue weighted by Crippen LogP contribution is 2.36. The lowest BCUT2D eigenvalue weighted by atomic mass is 9.89. The molecule has 2 saturated heterocycles. The number of nitrogens with one attached hydrogen (secondary N) is 1. The van der Waals surface area contributed by atoms with Gasteiger partial charge in [-0.05, 0) is 84.3 Å². The molecule has 0 saturated carbocycles. The SMILES string of the molecule is CS(=O)(=O)NCCCOCC1CCN(CC2CN(Cc3ccc(Cl)cc3Cl)CC2c2ccsc2)CC1. The van der Waals surface area contributed by atoms with Crippen LogP contribution in [0.25, 0.3) is 0 Å². The smallest absolute Gasteiger partial charge is 0.208 e. The zero-order valence-corrected chi connectivity index (χ0v) is 24.0. The number of halogens is 2. The van der Waals surface area contributed by atoms with E-state index >= 15 is 0 Å². The standard InChI is InChI=1S/C26H37Cl2N3O3S2/c1-36(32,33)29-8-2-11-34-18-20-5-9-30(10-6-20)15-23-16-31(17-25(23)22-7-12-35-19-22)14-21-3-4-24(27)13-26(21)28/h3-4,7,12-13,19-20,23,25,29H,2,5-6,8-11,14-18H2,1H3. The van der Waals surface area contributed by atoms with Gasteiger partial charge in [0, 0.05) is 61.9 Å². The van der Waals surface area contributed by atoms with E-state index in [9.17, 15) is 8.42 Å². The Balaban J connectivity index is 1.23. The Kier molecular flexibility index (Phi) is 10.5. The molecular weight excluding hydrogens is 537 g/mol. The van der Waals surface area contributed by atoms with E-state index in [4.69, 9.17) is 27.9 Å². The molecule has 2 aliphatic heterocycles. The molecule has 0 radical (unpaired) electrons. The first kappa shape index (κ1) is 28.3. The molecule has 1 aromatic carbocycles. The number of nitrogens with zero attached hydrogens (tertiary/aromatic N) is 2. The number of piperidine rings is 1. The normalized spacial score (nSPS) is 22.4. The zero-order valence-electron chi connectivity index (χ0n) is 20.9. The van der Waals surface area contributed by atoms with Gasteiger partial charge in [0.2, 0.25) is 10.0 Å². The van der Waals surface area contributed by atoms with Crippen LogP contribution in [0.3, 0.4) is 0 Å². The van der Waals surface area contributed by atoms with Gasteiger partial charge in [-0.2, -0.15) is 11.3 Å². The summed E-state index contributed by atoms with van der Waals surface area (Å²) in [6, 6.07) is 8.10. The van der Waals surface area contributed by atoms with Crippen molar-refractivity contribution in [1.29, 1.82) is 0 Å². The van der Waals surface area contributed by atoms with Crippen LogP contribution < -0.4 is 4.72 Å². The van der Waals surface area contributed by atoms with Crippen molar-refractivity contribution in [3.63, 3.8) is 0 Å². The number of hydrogen-bond donors (Lipinski definition) is 1. The topological polar surface area (TPSA) is 61.9 Å². The van der Waals surface area contributed by atoms with Crippen molar-refractivity contribution in [2.45, 2.75) is 31.7 Å². The third-order valence-electron chi connectivity index (χ3n) is 7.28. The van der Waals surface area contributed by atoms with Crippen molar-refractivity contribution in [2.75, 3.05) is 58.7 Å². The van der Waals surface area contributed by atoms with E-state index in [-0.39, 0.29) is 0 Å². The molecule has 2 unspecified atom stereocenters. The second-order valence-electron chi connectivity index (χ2n) is 10.2. The summed E-state index contributed by atoms with van der Waals surface area (Å²) in [6.07, 6.45) is 4.20. The first-order chi connectivity index (χ1) is 17.3. The second kappa shape index (κ2) is 13.4. The van der Waals surface area contributed by atoms with Gasteiger partial charge in [0.1, 0.15) is 0 Å². The lowest BCUT2D eigenvalue weighted by molar-refractivity contribution is 0.0622. The third-order valence-corrected chi connectivity index (χ3v) is 9.30. The molecule has 0 spiro atoms. The average Bonchev–Trinajstić information content (AvgIpc) is 3.48. The highest BCUT2D eigenvalue weighted by Gasteiger charge is 2.36. The lowest BCUT2D eigenvalue weighted by Gasteiger charge is -2.34. The molecule has 2 aromatic rings. The maximum atomic E-state index is 11.1. The largest absolute Gasteiger partial charge is 0.381 e. The Bertz CT molecular complexity index is 1060. The fourth-order valence-corrected chi connectivity index (χ4v) is 7.09. The Morgan fingerprint density at radius 3 is 2.64 bits per heavy atom. The summed E-state index contributed by atoms with van der Waals surface area (Å²) < 4.78 is 30.6. The molecule has 36 heavy (non-hydrogen) atoms. The first-order valence-electron chi connectivity index (χ1n) is 12.7. The molecule has 4 rings (SSSR count). The van der Waals surface area contributed by atoms with Crippen molar-refractivity contribution in [3.05, 3.63) is 56.2 Å². The van der Waals surface area contributed by atoms with Crippen molar-refractivity contribution in [1.82, 2.24) is 14.5 Å². The van der Waals surface area contributed by atoms with Crippen molar-refractivity contribution in [2.24, 2.45) is 11.8 Å². The molecule has 2 aliphatic rings. The quantitative estimate of drug-likeness (QED) is 0.364. The highest BCUT2D eigenvalue weighted by molar-refractivity contribution is 7.88. The third kappa shape index (κ3) is 8.67. The maximum Gasteiger partial charge on any atom is 0.208 e. The molecule has 2 atom stereocenters. The summed E-state index contributed by atoms with van der Waals surface area (Å²) in [5.41, 5.74) is 2.60. The fraction of sp³-hybridized carbons (Fsp3) is 0.615. The van der Waals surface area contributed by atoms with Crippen molar-refractivity contribution < 1.29 is 13.2 Å². The van der Waals surface area contributed by atoms with Gasteiger partial charge in [-0.1, -0.05) is 29.3 Å². The summed E-state index contributed by atoms with van der Waals surface area (Å²) in [4.78, 5) is 5.18. The molecule has 1 aromatic heterocycles. The summed E-state index contributed by atoms with van der Waals surface area (Å²) in [7, 11) is -3.11. The van der Waals surface area contributed by atoms with E-state index in [1.54, 1.807) is 11.3 Å². The number of benzene rings is 1. The summed E-state index contributed by atoms with van der Waals surface area (Å²) in [5.74, 6) is 1.73. The van der Waals surface area contributed by atoms with E-state index in [1.165, 1.54) is 11.8 Å². The van der Waals surface area contributed by atoms with E-state index in [0.717, 1.165) is 69.3 Å². The molecule has 0 bridgehead atoms. The second-order valence-corrected chi connectivity index (χ2v) is 13.6. The predicted octanol–water partition coefficient (Wildman–Crippen LogP) is 4.94. The maximum absolute atomic E-state index is 11.1. The van der Waals surface area contributed by atoms with Gasteiger partial charge < -0.3 is 9.64 Å². The molecule has 0 amide bonds. The summed E-state index contributed by atoms with van der Waals surface area (Å²) >= 11 is 14.4. The number of thiophene rings is 1. The predicted molar refractivity (Wildman–Crippen MR) is 150 cm³/mol. The first-order valence-corrected chi connectivity index (χ1v) is 16.3. The Morgan fingerprint density at radius 2 is 1.94 bits per heavy atom. The number of sulfonamides is 1. The van der Waals surface area contributed by atoms with Crippen LogP contribution in [-0.4, -0.2) is 77.0 Å². The number of ether oxygens (including phenoxy) is 1. The number of rotatable bonds is 12. The Labute approximate surface area is 230 Å². The molecule has 10 heteroatoms. The molecule has 200 valence electrons. The van der Waals surface area contributed by atoms with E-state index in [1.807, 2.05) is 18.2 Å². The minimum absolute atomic E-state index is 0.436. The van der Waals surface area contributed by atoms with Crippen LogP contribution in [0.15, 0.2) is 35.0 Å². The lowest BCUT2D eigenvalue weighted by Crippen LogP contribution is -2.39. The van der Waals surface area contributed by atoms with Crippen LogP contribution in [0.4, 0.5) is 0 Å². The molecular formula is C26H37Cl2N3O3S2. The van der Waals surface area contributed by atoms with Crippen LogP contribution >= 0.6 is 34.5 Å². The summed E-state index contributed by atoms with van der Waals surface area (Å²) in [6.45, 7) is 8.12. The van der Waals surface area contributed by atoms with E-state index in [2.05, 4.69) is 31.3 Å². The van der Waals surface area contributed by atoms with E-state index < -0.39 is 10.0 Å². The molecule has 2 fully saturated rings. The number of likely N-dealkylation sites (tertiary alicyclic amines) is 2. The molecule has 6 nitrogen and oxygen atoms in total. The fourth-order valence-electron chi connectivity index (χ4n) is 5.38. The van der Waals surface area contributed by atoms with E-state index in [0.29, 0.717) is 42.3 Å². The minimum atomic E-state index is -3.11. The monoisotopic (exact) mass is 573 g/mol. The van der Waals surface area contributed by atoms with Gasteiger partial charge >= 0.3 is 0 Å². The van der Waals surface area contributed by atoms with Crippen LogP contribution in [-0.2, 0) is 21.3 Å². The number of hydrogen-bond acceptors (Lipinski definition) is 6. The highest BCUT2D eigenvalue weighted by atomic mass is 35.5. The van der Waals surface area contributed by atoms with Crippen molar-refractivity contribution >= 4 is 44.6 Å². The summed E-state index contributed by atoms with van der Waals surface area (Å²) in [5, 5.41) is 5.92. The van der Waals surface area contributed by atoms with Gasteiger partial charge in [0.05, 0.1) is 6.26 Å². The van der Waals surface area contributed by atoms with Crippen LogP contribution in [0.1, 0.15) is 36.3 Å². The van der Waals surface area contributed by atoms with Gasteiger partial charge in [-0.3, -0.25) is 4.90 Å². The molecule has 3 heterocycles. The molecule has 0 aliphatic carbocycles. The zero-order chi connectivity index (χ0) is 25.5. The van der Waals surface area contributed by atoms with Crippen LogP contribution in [0.2, 0.25) is 10.0 Å². The molecule has 1 N–H and O–H groups in total. The van der Waals surface area contributed by atoms with Crippen molar-refractivity contribution in [3.8, 4) is 0 Å². The minimum Gasteiger partial charge on any atom is -0.381 e. The Hall–Kier alpha value is -0.710. The van der Waals surface area contributed by atoms with Gasteiger partial charge in [0.15, 0.2) is 0 Å². The van der Waals surface area contributed by atoms with Gasteiger partial charge in [-0.25, -0.2) is 13.1 Å². The Morgan fingerprint density at radius 1 is 1.14 bits per heavy atom. The van der Waals surface area contributed by atoms with Crippen LogP contribution in [0, 0.1) is 11.8 Å². The van der Waals surface area contributed by atoms with Gasteiger partial charge in [-0.15, -0.1) is 0 Å².